The molecular formula is C20H25ClN8O4S. The molecule has 0 amide bonds. The number of sulfonamides is 1. The molecule has 14 heteroatoms. The molecule has 0 spiro atoms. The van der Waals surface area contributed by atoms with Crippen molar-refractivity contribution in [3.8, 4) is 6.07 Å². The van der Waals surface area contributed by atoms with Crippen LogP contribution in [0.15, 0.2) is 23.0 Å². The molecule has 0 saturated carbocycles. The summed E-state index contributed by atoms with van der Waals surface area (Å²) >= 11 is 6.29. The van der Waals surface area contributed by atoms with Gasteiger partial charge in [0.05, 0.1) is 60.7 Å². The summed E-state index contributed by atoms with van der Waals surface area (Å²) in [5, 5.41) is 19.8. The molecule has 0 radical (unpaired) electrons. The number of aryl methyl sites for hydroxylation is 1. The first-order valence-corrected chi connectivity index (χ1v) is 12.5. The molecule has 0 aromatic carbocycles. The number of ether oxygens (including phenoxy) is 2. The number of hydrogen-bond donors (Lipinski definition) is 2. The van der Waals surface area contributed by atoms with Gasteiger partial charge in [-0.25, -0.2) is 13.4 Å². The molecule has 4 rings (SSSR count). The molecule has 2 aromatic heterocycles. The smallest absolute Gasteiger partial charge is 0.254 e. The molecule has 2 fully saturated rings. The second-order valence-electron chi connectivity index (χ2n) is 8.90. The zero-order valence-electron chi connectivity index (χ0n) is 18.8. The first kappa shape index (κ1) is 24.3. The SMILES string of the molecule is Cn1cc(Nc2ncc(Cl)c(N[C@@H]3COC4C(C=NS(=O)(=O)CC(C)(C)C#N)COC43)n2)cn1. The molecule has 2 saturated heterocycles. The number of hydrogen-bond acceptors (Lipinski definition) is 10. The summed E-state index contributed by atoms with van der Waals surface area (Å²) in [4.78, 5) is 8.63. The molecule has 2 aliphatic rings. The van der Waals surface area contributed by atoms with Crippen molar-refractivity contribution in [2.45, 2.75) is 32.1 Å². The minimum absolute atomic E-state index is 0.254. The van der Waals surface area contributed by atoms with Gasteiger partial charge in [-0.3, -0.25) is 4.68 Å². The summed E-state index contributed by atoms with van der Waals surface area (Å²) in [6, 6.07) is 1.72. The highest BCUT2D eigenvalue weighted by Gasteiger charge is 2.47. The Morgan fingerprint density at radius 1 is 1.35 bits per heavy atom. The van der Waals surface area contributed by atoms with Crippen LogP contribution in [0.1, 0.15) is 13.8 Å². The number of fused-ring (bicyclic) bond motifs is 1. The van der Waals surface area contributed by atoms with Gasteiger partial charge in [-0.05, 0) is 13.8 Å². The summed E-state index contributed by atoms with van der Waals surface area (Å²) in [5.41, 5.74) is -0.292. The molecule has 2 aromatic rings. The van der Waals surface area contributed by atoms with Crippen LogP contribution in [0, 0.1) is 22.7 Å². The largest absolute Gasteiger partial charge is 0.372 e. The first-order chi connectivity index (χ1) is 16.0. The fraction of sp³-hybridized carbons (Fsp3) is 0.550. The topological polar surface area (TPSA) is 156 Å². The van der Waals surface area contributed by atoms with E-state index in [1.54, 1.807) is 38.0 Å². The van der Waals surface area contributed by atoms with Crippen LogP contribution in [0.3, 0.4) is 0 Å². The lowest BCUT2D eigenvalue weighted by Gasteiger charge is -2.19. The second-order valence-corrected chi connectivity index (χ2v) is 11.0. The fourth-order valence-corrected chi connectivity index (χ4v) is 5.33. The van der Waals surface area contributed by atoms with E-state index in [2.05, 4.69) is 30.1 Å². The number of anilines is 3. The van der Waals surface area contributed by atoms with Crippen LogP contribution < -0.4 is 10.6 Å². The van der Waals surface area contributed by atoms with Gasteiger partial charge in [-0.1, -0.05) is 11.6 Å². The van der Waals surface area contributed by atoms with E-state index in [1.165, 1.54) is 12.4 Å². The normalized spacial score (nSPS) is 24.8. The molecule has 2 aliphatic heterocycles. The zero-order valence-corrected chi connectivity index (χ0v) is 20.4. The maximum atomic E-state index is 12.3. The third-order valence-corrected chi connectivity index (χ3v) is 7.18. The van der Waals surface area contributed by atoms with Gasteiger partial charge in [-0.15, -0.1) is 0 Å². The van der Waals surface area contributed by atoms with Crippen LogP contribution in [-0.2, 0) is 26.5 Å². The summed E-state index contributed by atoms with van der Waals surface area (Å²) < 4.78 is 41.8. The van der Waals surface area contributed by atoms with E-state index in [1.807, 2.05) is 6.07 Å². The number of nitriles is 1. The van der Waals surface area contributed by atoms with Crippen molar-refractivity contribution < 1.29 is 17.9 Å². The molecule has 4 atom stereocenters. The Morgan fingerprint density at radius 3 is 2.82 bits per heavy atom. The van der Waals surface area contributed by atoms with Crippen LogP contribution in [0.4, 0.5) is 17.5 Å². The number of nitrogens with zero attached hydrogens (tertiary/aromatic N) is 6. The first-order valence-electron chi connectivity index (χ1n) is 10.5. The number of rotatable bonds is 8. The van der Waals surface area contributed by atoms with Gasteiger partial charge in [0, 0.05) is 25.4 Å². The third-order valence-electron chi connectivity index (χ3n) is 5.38. The Bertz CT molecular complexity index is 1230. The van der Waals surface area contributed by atoms with Crippen LogP contribution in [0.25, 0.3) is 0 Å². The predicted molar refractivity (Wildman–Crippen MR) is 126 cm³/mol. The number of nitrogens with one attached hydrogen (secondary N) is 2. The van der Waals surface area contributed by atoms with Gasteiger partial charge < -0.3 is 20.1 Å². The van der Waals surface area contributed by atoms with Crippen molar-refractivity contribution in [1.82, 2.24) is 19.7 Å². The summed E-state index contributed by atoms with van der Waals surface area (Å²) in [7, 11) is -1.99. The molecule has 182 valence electrons. The van der Waals surface area contributed by atoms with E-state index in [0.717, 1.165) is 5.69 Å². The molecule has 12 nitrogen and oxygen atoms in total. The highest BCUT2D eigenvalue weighted by Crippen LogP contribution is 2.33. The lowest BCUT2D eigenvalue weighted by Crippen LogP contribution is -2.35. The van der Waals surface area contributed by atoms with Crippen molar-refractivity contribution in [2.24, 2.45) is 22.8 Å². The van der Waals surface area contributed by atoms with Crippen LogP contribution >= 0.6 is 11.6 Å². The van der Waals surface area contributed by atoms with E-state index in [4.69, 9.17) is 26.3 Å². The monoisotopic (exact) mass is 508 g/mol. The quantitative estimate of drug-likeness (QED) is 0.503. The van der Waals surface area contributed by atoms with Gasteiger partial charge in [0.15, 0.2) is 5.82 Å². The lowest BCUT2D eigenvalue weighted by molar-refractivity contribution is 0.0692. The molecule has 3 unspecified atom stereocenters. The van der Waals surface area contributed by atoms with Crippen molar-refractivity contribution in [1.29, 1.82) is 5.26 Å². The number of halogens is 1. The average molecular weight is 509 g/mol. The van der Waals surface area contributed by atoms with E-state index < -0.39 is 15.4 Å². The van der Waals surface area contributed by atoms with Gasteiger partial charge in [-0.2, -0.15) is 19.7 Å². The van der Waals surface area contributed by atoms with E-state index >= 15 is 0 Å². The van der Waals surface area contributed by atoms with E-state index in [9.17, 15) is 8.42 Å². The average Bonchev–Trinajstić information content (AvgIpc) is 3.46. The molecule has 4 heterocycles. The standard InChI is InChI=1S/C20H25ClN8O4S/c1-20(2,10-22)11-34(30,31)25-4-12-8-32-17-15(9-33-16(12)17)27-18-14(21)6-23-19(28-18)26-13-5-24-29(3)7-13/h4-7,12,15-17H,8-9,11H2,1-3H3,(H2,23,26,27,28)/t12?,15-,16?,17?/m1/s1. The molecule has 0 aliphatic carbocycles. The Hall–Kier alpha value is -2.79. The van der Waals surface area contributed by atoms with Crippen LogP contribution in [-0.4, -0.2) is 71.6 Å². The van der Waals surface area contributed by atoms with Gasteiger partial charge in [0.2, 0.25) is 5.95 Å². The fourth-order valence-electron chi connectivity index (χ4n) is 3.80. The summed E-state index contributed by atoms with van der Waals surface area (Å²) in [6.07, 6.45) is 5.57. The van der Waals surface area contributed by atoms with Crippen LogP contribution in [0.2, 0.25) is 5.02 Å². The number of aromatic nitrogens is 4. The maximum absolute atomic E-state index is 12.3. The second kappa shape index (κ2) is 9.46. The molecule has 34 heavy (non-hydrogen) atoms. The molecular weight excluding hydrogens is 484 g/mol. The van der Waals surface area contributed by atoms with Crippen molar-refractivity contribution in [3.63, 3.8) is 0 Å². The Kier molecular flexibility index (Phi) is 6.77. The lowest BCUT2D eigenvalue weighted by atomic mass is 10.00. The molecule has 2 N–H and O–H groups in total. The third kappa shape index (κ3) is 5.64. The highest BCUT2D eigenvalue weighted by atomic mass is 35.5. The predicted octanol–water partition coefficient (Wildman–Crippen LogP) is 1.75. The Morgan fingerprint density at radius 2 is 2.12 bits per heavy atom. The van der Waals surface area contributed by atoms with Gasteiger partial charge in [0.1, 0.15) is 11.1 Å². The van der Waals surface area contributed by atoms with Gasteiger partial charge >= 0.3 is 0 Å². The van der Waals surface area contributed by atoms with Crippen molar-refractivity contribution in [2.75, 3.05) is 29.6 Å². The Balaban J connectivity index is 1.40. The van der Waals surface area contributed by atoms with E-state index in [-0.39, 0.29) is 36.5 Å². The minimum Gasteiger partial charge on any atom is -0.372 e. The Labute approximate surface area is 202 Å². The van der Waals surface area contributed by atoms with E-state index in [0.29, 0.717) is 23.4 Å². The zero-order chi connectivity index (χ0) is 24.5. The molecule has 0 bridgehead atoms. The highest BCUT2D eigenvalue weighted by molar-refractivity contribution is 7.90. The maximum Gasteiger partial charge on any atom is 0.254 e. The summed E-state index contributed by atoms with van der Waals surface area (Å²) in [6.45, 7) is 3.70. The van der Waals surface area contributed by atoms with Crippen LogP contribution in [0.5, 0.6) is 0 Å². The van der Waals surface area contributed by atoms with Crippen molar-refractivity contribution in [3.05, 3.63) is 23.6 Å². The summed E-state index contributed by atoms with van der Waals surface area (Å²) in [5.74, 6) is 0.0689. The van der Waals surface area contributed by atoms with Gasteiger partial charge in [0.25, 0.3) is 10.0 Å². The minimum atomic E-state index is -3.79. The van der Waals surface area contributed by atoms with Crippen molar-refractivity contribution >= 4 is 45.3 Å².